The van der Waals surface area contributed by atoms with Gasteiger partial charge in [-0.15, -0.1) is 11.3 Å². The normalized spacial score (nSPS) is 16.0. The summed E-state index contributed by atoms with van der Waals surface area (Å²) in [5, 5.41) is 0.666. The summed E-state index contributed by atoms with van der Waals surface area (Å²) >= 11 is 7.40. The van der Waals surface area contributed by atoms with Gasteiger partial charge in [0.25, 0.3) is 11.5 Å². The van der Waals surface area contributed by atoms with Crippen LogP contribution in [0.25, 0.3) is 0 Å². The molecule has 0 aliphatic heterocycles. The summed E-state index contributed by atoms with van der Waals surface area (Å²) in [6.45, 7) is 0. The second-order valence-corrected chi connectivity index (χ2v) is 8.12. The molecule has 27 heavy (non-hydrogen) atoms. The number of aromatic amines is 1. The van der Waals surface area contributed by atoms with Crippen molar-refractivity contribution in [2.24, 2.45) is 0 Å². The molecule has 4 rings (SSSR count). The number of pyridine rings is 1. The summed E-state index contributed by atoms with van der Waals surface area (Å²) in [5.74, 6) is 0.241. The minimum absolute atomic E-state index is 0.00149. The van der Waals surface area contributed by atoms with Crippen LogP contribution in [0.15, 0.2) is 47.4 Å². The summed E-state index contributed by atoms with van der Waals surface area (Å²) in [5.41, 5.74) is 2.36. The Bertz CT molecular complexity index is 1040. The number of carbonyl (C=O) groups is 1. The van der Waals surface area contributed by atoms with Gasteiger partial charge in [-0.05, 0) is 36.8 Å². The molecule has 7 heteroatoms. The standard InChI is InChI=1S/C20H18ClN3O2S/c1-24(19(26)14-9-15(21)18(25)22-11-14)20-23-16-8-7-13(10-17(16)27-20)12-5-3-2-4-6-12/h2-6,9,11,13H,7-8,10H2,1H3,(H,22,25)/t13-/m0/s1. The van der Waals surface area contributed by atoms with E-state index in [1.807, 2.05) is 6.07 Å². The number of fused-ring (bicyclic) bond motifs is 1. The molecule has 1 atom stereocenters. The van der Waals surface area contributed by atoms with Gasteiger partial charge in [-0.2, -0.15) is 0 Å². The summed E-state index contributed by atoms with van der Waals surface area (Å²) in [6.07, 6.45) is 4.31. The summed E-state index contributed by atoms with van der Waals surface area (Å²) < 4.78 is 0. The van der Waals surface area contributed by atoms with Gasteiger partial charge < -0.3 is 4.98 Å². The number of nitrogens with zero attached hydrogens (tertiary/aromatic N) is 2. The Morgan fingerprint density at radius 1 is 1.33 bits per heavy atom. The first-order valence-electron chi connectivity index (χ1n) is 8.72. The zero-order valence-corrected chi connectivity index (χ0v) is 16.3. The molecular weight excluding hydrogens is 382 g/mol. The van der Waals surface area contributed by atoms with E-state index in [1.54, 1.807) is 18.4 Å². The van der Waals surface area contributed by atoms with Crippen LogP contribution in [0.1, 0.15) is 38.8 Å². The molecule has 1 aromatic carbocycles. The van der Waals surface area contributed by atoms with Gasteiger partial charge in [-0.25, -0.2) is 4.98 Å². The smallest absolute Gasteiger partial charge is 0.266 e. The highest BCUT2D eigenvalue weighted by atomic mass is 35.5. The van der Waals surface area contributed by atoms with E-state index < -0.39 is 5.56 Å². The molecule has 0 fully saturated rings. The topological polar surface area (TPSA) is 66.1 Å². The van der Waals surface area contributed by atoms with Crippen LogP contribution in [0, 0.1) is 0 Å². The number of amides is 1. The number of carbonyl (C=O) groups excluding carboxylic acids is 1. The van der Waals surface area contributed by atoms with Gasteiger partial charge in [-0.1, -0.05) is 41.9 Å². The van der Waals surface area contributed by atoms with E-state index >= 15 is 0 Å². The molecule has 1 amide bonds. The van der Waals surface area contributed by atoms with Crippen LogP contribution in [0.3, 0.4) is 0 Å². The summed E-state index contributed by atoms with van der Waals surface area (Å²) in [7, 11) is 1.69. The Hall–Kier alpha value is -2.44. The van der Waals surface area contributed by atoms with Crippen molar-refractivity contribution in [2.75, 3.05) is 11.9 Å². The summed E-state index contributed by atoms with van der Waals surface area (Å²) in [4.78, 5) is 34.0. The van der Waals surface area contributed by atoms with Crippen LogP contribution in [-0.2, 0) is 12.8 Å². The van der Waals surface area contributed by atoms with Crippen LogP contribution in [0.5, 0.6) is 0 Å². The molecule has 0 unspecified atom stereocenters. The van der Waals surface area contributed by atoms with E-state index in [2.05, 4.69) is 34.2 Å². The molecule has 0 saturated carbocycles. The first kappa shape index (κ1) is 17.9. The fourth-order valence-corrected chi connectivity index (χ4v) is 4.69. The van der Waals surface area contributed by atoms with E-state index in [1.165, 1.54) is 27.6 Å². The monoisotopic (exact) mass is 399 g/mol. The van der Waals surface area contributed by atoms with E-state index in [0.29, 0.717) is 16.6 Å². The molecule has 0 bridgehead atoms. The first-order chi connectivity index (χ1) is 13.0. The average molecular weight is 400 g/mol. The van der Waals surface area contributed by atoms with Crippen LogP contribution in [0.4, 0.5) is 5.13 Å². The fourth-order valence-electron chi connectivity index (χ4n) is 3.37. The molecule has 1 aliphatic carbocycles. The molecule has 0 spiro atoms. The molecule has 0 saturated heterocycles. The highest BCUT2D eigenvalue weighted by molar-refractivity contribution is 7.16. The van der Waals surface area contributed by atoms with E-state index in [0.717, 1.165) is 25.0 Å². The number of hydrogen-bond donors (Lipinski definition) is 1. The number of aryl methyl sites for hydroxylation is 1. The van der Waals surface area contributed by atoms with Crippen molar-refractivity contribution >= 4 is 34.0 Å². The third kappa shape index (κ3) is 3.55. The highest BCUT2D eigenvalue weighted by Gasteiger charge is 2.26. The van der Waals surface area contributed by atoms with Gasteiger partial charge in [0.15, 0.2) is 5.13 Å². The van der Waals surface area contributed by atoms with Crippen molar-refractivity contribution in [1.29, 1.82) is 0 Å². The van der Waals surface area contributed by atoms with Gasteiger partial charge in [0.2, 0.25) is 0 Å². The Balaban J connectivity index is 1.56. The SMILES string of the molecule is CN(C(=O)c1c[nH]c(=O)c(Cl)c1)c1nc2c(s1)C[C@@H](c1ccccc1)CC2. The lowest BCUT2D eigenvalue weighted by Gasteiger charge is -2.21. The maximum Gasteiger partial charge on any atom is 0.266 e. The number of halogens is 1. The van der Waals surface area contributed by atoms with E-state index in [4.69, 9.17) is 11.6 Å². The first-order valence-corrected chi connectivity index (χ1v) is 9.92. The Morgan fingerprint density at radius 2 is 2.11 bits per heavy atom. The lowest BCUT2D eigenvalue weighted by atomic mass is 9.85. The molecule has 1 aliphatic rings. The maximum absolute atomic E-state index is 12.7. The van der Waals surface area contributed by atoms with E-state index in [9.17, 15) is 9.59 Å². The number of anilines is 1. The van der Waals surface area contributed by atoms with Gasteiger partial charge in [0, 0.05) is 18.1 Å². The Labute approximate surface area is 165 Å². The Morgan fingerprint density at radius 3 is 2.85 bits per heavy atom. The van der Waals surface area contributed by atoms with Crippen LogP contribution < -0.4 is 10.5 Å². The molecule has 138 valence electrons. The van der Waals surface area contributed by atoms with Crippen molar-refractivity contribution in [3.05, 3.63) is 79.7 Å². The third-order valence-electron chi connectivity index (χ3n) is 4.90. The molecule has 2 heterocycles. The van der Waals surface area contributed by atoms with Gasteiger partial charge in [-0.3, -0.25) is 14.5 Å². The number of rotatable bonds is 3. The predicted molar refractivity (Wildman–Crippen MR) is 108 cm³/mol. The number of nitrogens with one attached hydrogen (secondary N) is 1. The van der Waals surface area contributed by atoms with Gasteiger partial charge in [0.05, 0.1) is 11.3 Å². The molecule has 0 radical (unpaired) electrons. The average Bonchev–Trinajstić information content (AvgIpc) is 3.13. The Kier molecular flexibility index (Phi) is 4.85. The minimum Gasteiger partial charge on any atom is -0.327 e. The lowest BCUT2D eigenvalue weighted by Crippen LogP contribution is -2.27. The van der Waals surface area contributed by atoms with Crippen LogP contribution >= 0.6 is 22.9 Å². The molecule has 2 aromatic heterocycles. The third-order valence-corrected chi connectivity index (χ3v) is 6.37. The second-order valence-electron chi connectivity index (χ2n) is 6.65. The predicted octanol–water partition coefficient (Wildman–Crippen LogP) is 4.03. The van der Waals surface area contributed by atoms with Gasteiger partial charge >= 0.3 is 0 Å². The number of thiazole rings is 1. The minimum atomic E-state index is -0.410. The maximum atomic E-state index is 12.7. The lowest BCUT2D eigenvalue weighted by molar-refractivity contribution is 0.0992. The van der Waals surface area contributed by atoms with Crippen LogP contribution in [-0.4, -0.2) is 22.9 Å². The number of hydrogen-bond acceptors (Lipinski definition) is 4. The van der Waals surface area contributed by atoms with Crippen molar-refractivity contribution < 1.29 is 4.79 Å². The quantitative estimate of drug-likeness (QED) is 0.722. The van der Waals surface area contributed by atoms with Crippen molar-refractivity contribution in [3.8, 4) is 0 Å². The number of benzene rings is 1. The molecule has 3 aromatic rings. The number of aromatic nitrogens is 2. The molecule has 5 nitrogen and oxygen atoms in total. The van der Waals surface area contributed by atoms with Gasteiger partial charge in [0.1, 0.15) is 5.02 Å². The van der Waals surface area contributed by atoms with E-state index in [-0.39, 0.29) is 10.9 Å². The summed E-state index contributed by atoms with van der Waals surface area (Å²) in [6, 6.07) is 11.9. The van der Waals surface area contributed by atoms with Crippen molar-refractivity contribution in [2.45, 2.75) is 25.2 Å². The van der Waals surface area contributed by atoms with Crippen molar-refractivity contribution in [1.82, 2.24) is 9.97 Å². The van der Waals surface area contributed by atoms with Crippen LogP contribution in [0.2, 0.25) is 5.02 Å². The number of H-pyrrole nitrogens is 1. The zero-order chi connectivity index (χ0) is 19.0. The van der Waals surface area contributed by atoms with Crippen molar-refractivity contribution in [3.63, 3.8) is 0 Å². The molecular formula is C20H18ClN3O2S. The largest absolute Gasteiger partial charge is 0.327 e. The second kappa shape index (κ2) is 7.29. The molecule has 1 N–H and O–H groups in total. The highest BCUT2D eigenvalue weighted by Crippen LogP contribution is 2.38. The fraction of sp³-hybridized carbons (Fsp3) is 0.250. The zero-order valence-electron chi connectivity index (χ0n) is 14.7.